The number of Topliss-reactive ketones (excluding diaryl/α,β-unsaturated/α-hetero) is 1. The Morgan fingerprint density at radius 3 is 2.66 bits per heavy atom. The molecule has 0 unspecified atom stereocenters. The molecular weight excluding hydrogens is 446 g/mol. The maximum Gasteiger partial charge on any atom is 0.379 e. The Morgan fingerprint density at radius 2 is 1.83 bits per heavy atom. The molecule has 35 heavy (non-hydrogen) atoms. The number of allylic oxidation sites excluding steroid dienone is 1. The third-order valence-electron chi connectivity index (χ3n) is 5.99. The number of nitrogens with zero attached hydrogens (tertiary/aromatic N) is 1. The fraction of sp³-hybridized carbons (Fsp3) is 0.0714. The molecule has 3 aromatic carbocycles. The van der Waals surface area contributed by atoms with E-state index in [0.717, 1.165) is 27.6 Å². The maximum absolute atomic E-state index is 13.0. The average molecular weight is 465 g/mol. The molecule has 0 atom stereocenters. The number of fused-ring (bicyclic) bond motifs is 3. The number of rotatable bonds is 4. The number of benzene rings is 3. The minimum Gasteiger partial charge on any atom is -0.497 e. The summed E-state index contributed by atoms with van der Waals surface area (Å²) in [6, 6.07) is 19.4. The predicted octanol–water partition coefficient (Wildman–Crippen LogP) is 5.77. The lowest BCUT2D eigenvalue weighted by Gasteiger charge is -2.04. The molecule has 2 aromatic heterocycles. The van der Waals surface area contributed by atoms with E-state index in [2.05, 4.69) is 0 Å². The number of carbonyl (C=O) groups excluding carboxylic acids is 2. The topological polar surface area (TPSA) is 79.9 Å². The van der Waals surface area contributed by atoms with E-state index in [1.807, 2.05) is 54.2 Å². The molecule has 6 rings (SSSR count). The van der Waals surface area contributed by atoms with Crippen molar-refractivity contribution < 1.29 is 28.2 Å². The average Bonchev–Trinajstić information content (AvgIpc) is 3.53. The largest absolute Gasteiger partial charge is 0.497 e. The highest BCUT2D eigenvalue weighted by molar-refractivity contribution is 6.15. The van der Waals surface area contributed by atoms with Crippen LogP contribution < -0.4 is 14.2 Å². The zero-order valence-corrected chi connectivity index (χ0v) is 18.9. The van der Waals surface area contributed by atoms with Gasteiger partial charge in [-0.2, -0.15) is 0 Å². The zero-order valence-electron chi connectivity index (χ0n) is 18.9. The normalized spacial score (nSPS) is 13.9. The summed E-state index contributed by atoms with van der Waals surface area (Å²) in [5, 5.41) is 1.75. The van der Waals surface area contributed by atoms with Crippen molar-refractivity contribution in [2.75, 3.05) is 7.11 Å². The number of hydrogen-bond donors (Lipinski definition) is 0. The highest BCUT2D eigenvalue weighted by atomic mass is 16.5. The zero-order chi connectivity index (χ0) is 24.1. The quantitative estimate of drug-likeness (QED) is 0.191. The molecule has 0 N–H and O–H groups in total. The summed E-state index contributed by atoms with van der Waals surface area (Å²) in [6.07, 6.45) is 3.64. The summed E-state index contributed by atoms with van der Waals surface area (Å²) in [7, 11) is 3.55. The van der Waals surface area contributed by atoms with E-state index in [1.165, 1.54) is 6.07 Å². The number of aryl methyl sites for hydroxylation is 1. The number of methoxy groups -OCH3 is 1. The van der Waals surface area contributed by atoms with Gasteiger partial charge in [-0.15, -0.1) is 0 Å². The van der Waals surface area contributed by atoms with Crippen LogP contribution in [0.15, 0.2) is 83.1 Å². The van der Waals surface area contributed by atoms with Crippen LogP contribution in [-0.4, -0.2) is 23.4 Å². The van der Waals surface area contributed by atoms with Gasteiger partial charge in [0.15, 0.2) is 5.76 Å². The fourth-order valence-corrected chi connectivity index (χ4v) is 4.26. The molecule has 0 radical (unpaired) electrons. The molecule has 0 bridgehead atoms. The van der Waals surface area contributed by atoms with Crippen LogP contribution in [0, 0.1) is 0 Å². The first kappa shape index (κ1) is 20.8. The van der Waals surface area contributed by atoms with E-state index in [0.29, 0.717) is 16.9 Å². The van der Waals surface area contributed by atoms with E-state index in [9.17, 15) is 9.59 Å². The van der Waals surface area contributed by atoms with Gasteiger partial charge in [-0.05, 0) is 48.5 Å². The van der Waals surface area contributed by atoms with Crippen molar-refractivity contribution in [1.29, 1.82) is 0 Å². The molecule has 0 spiro atoms. The number of para-hydroxylation sites is 1. The van der Waals surface area contributed by atoms with Crippen LogP contribution in [0.4, 0.5) is 0 Å². The van der Waals surface area contributed by atoms with Crippen molar-refractivity contribution in [2.45, 2.75) is 0 Å². The Bertz CT molecular complexity index is 1650. The number of ketones is 1. The van der Waals surface area contributed by atoms with Crippen molar-refractivity contribution in [3.05, 3.63) is 95.6 Å². The van der Waals surface area contributed by atoms with Crippen molar-refractivity contribution >= 4 is 39.7 Å². The third kappa shape index (κ3) is 3.54. The second kappa shape index (κ2) is 7.92. The van der Waals surface area contributed by atoms with Crippen molar-refractivity contribution in [3.63, 3.8) is 0 Å². The van der Waals surface area contributed by atoms with Crippen LogP contribution >= 0.6 is 0 Å². The van der Waals surface area contributed by atoms with Crippen LogP contribution in [0.1, 0.15) is 26.5 Å². The van der Waals surface area contributed by atoms with Crippen LogP contribution in [-0.2, 0) is 7.05 Å². The summed E-state index contributed by atoms with van der Waals surface area (Å²) in [4.78, 5) is 25.6. The molecule has 1 aliphatic rings. The molecule has 0 saturated heterocycles. The Morgan fingerprint density at radius 1 is 1.00 bits per heavy atom. The van der Waals surface area contributed by atoms with Crippen LogP contribution in [0.25, 0.3) is 27.9 Å². The molecule has 0 fully saturated rings. The molecule has 172 valence electrons. The summed E-state index contributed by atoms with van der Waals surface area (Å²) < 4.78 is 24.2. The minimum atomic E-state index is -0.633. The van der Waals surface area contributed by atoms with Crippen LogP contribution in [0.2, 0.25) is 0 Å². The molecule has 0 saturated carbocycles. The van der Waals surface area contributed by atoms with Gasteiger partial charge in [-0.3, -0.25) is 4.79 Å². The van der Waals surface area contributed by atoms with E-state index in [1.54, 1.807) is 37.5 Å². The molecule has 0 aliphatic carbocycles. The van der Waals surface area contributed by atoms with Crippen molar-refractivity contribution in [1.82, 2.24) is 4.57 Å². The van der Waals surface area contributed by atoms with E-state index >= 15 is 0 Å². The van der Waals surface area contributed by atoms with E-state index in [-0.39, 0.29) is 23.1 Å². The molecule has 7 nitrogen and oxygen atoms in total. The van der Waals surface area contributed by atoms with E-state index in [4.69, 9.17) is 18.6 Å². The van der Waals surface area contributed by atoms with Gasteiger partial charge in [0, 0.05) is 41.2 Å². The van der Waals surface area contributed by atoms with Gasteiger partial charge in [0.05, 0.1) is 12.7 Å². The molecule has 0 amide bonds. The van der Waals surface area contributed by atoms with Crippen LogP contribution in [0.5, 0.6) is 17.2 Å². The summed E-state index contributed by atoms with van der Waals surface area (Å²) in [6.45, 7) is 0. The highest BCUT2D eigenvalue weighted by Gasteiger charge is 2.29. The van der Waals surface area contributed by atoms with Crippen LogP contribution in [0.3, 0.4) is 0 Å². The van der Waals surface area contributed by atoms with Gasteiger partial charge in [0.1, 0.15) is 22.8 Å². The number of carbonyl (C=O) groups is 2. The molecule has 7 heteroatoms. The number of hydrogen-bond acceptors (Lipinski definition) is 6. The summed E-state index contributed by atoms with van der Waals surface area (Å²) in [5.41, 5.74) is 2.83. The van der Waals surface area contributed by atoms with Gasteiger partial charge in [-0.1, -0.05) is 18.2 Å². The second-order valence-corrected chi connectivity index (χ2v) is 8.21. The summed E-state index contributed by atoms with van der Waals surface area (Å²) in [5.74, 6) is 0.709. The monoisotopic (exact) mass is 465 g/mol. The lowest BCUT2D eigenvalue weighted by Crippen LogP contribution is -2.07. The molecule has 5 aromatic rings. The Hall–Kier alpha value is -4.78. The highest BCUT2D eigenvalue weighted by Crippen LogP contribution is 2.36. The number of esters is 1. The SMILES string of the molecule is COc1ccc2c(c1)c(/C=C1\Oc3cc(OC(=O)c4cc5ccccc5o4)ccc3C1=O)cn2C. The Labute approximate surface area is 199 Å². The van der Waals surface area contributed by atoms with E-state index < -0.39 is 5.97 Å². The first-order valence-electron chi connectivity index (χ1n) is 10.9. The van der Waals surface area contributed by atoms with Gasteiger partial charge in [-0.25, -0.2) is 4.79 Å². The molecule has 1 aliphatic heterocycles. The summed E-state index contributed by atoms with van der Waals surface area (Å²) >= 11 is 0. The fourth-order valence-electron chi connectivity index (χ4n) is 4.26. The lowest BCUT2D eigenvalue weighted by molar-refractivity contribution is 0.0703. The van der Waals surface area contributed by atoms with Gasteiger partial charge in [0.25, 0.3) is 0 Å². The maximum atomic E-state index is 13.0. The standard InChI is InChI=1S/C28H19NO6/c1-29-15-17(21-13-18(32-2)8-10-22(21)29)12-25-27(30)20-9-7-19(14-24(20)35-25)33-28(31)26-11-16-5-3-4-6-23(16)34-26/h3-15H,1-2H3/b25-12-. The van der Waals surface area contributed by atoms with Crippen molar-refractivity contribution in [2.24, 2.45) is 7.05 Å². The predicted molar refractivity (Wildman–Crippen MR) is 130 cm³/mol. The van der Waals surface area contributed by atoms with Crippen molar-refractivity contribution in [3.8, 4) is 17.2 Å². The smallest absolute Gasteiger partial charge is 0.379 e. The van der Waals surface area contributed by atoms with Gasteiger partial charge < -0.3 is 23.2 Å². The lowest BCUT2D eigenvalue weighted by atomic mass is 10.1. The number of ether oxygens (including phenoxy) is 3. The first-order chi connectivity index (χ1) is 17.0. The third-order valence-corrected chi connectivity index (χ3v) is 5.99. The molecular formula is C28H19NO6. The Balaban J connectivity index is 1.27. The minimum absolute atomic E-state index is 0.0932. The Kier molecular flexibility index (Phi) is 4.70. The number of furan rings is 1. The second-order valence-electron chi connectivity index (χ2n) is 8.21. The molecule has 3 heterocycles. The number of aromatic nitrogens is 1. The van der Waals surface area contributed by atoms with Gasteiger partial charge >= 0.3 is 5.97 Å². The van der Waals surface area contributed by atoms with Gasteiger partial charge in [0.2, 0.25) is 11.5 Å². The first-order valence-corrected chi connectivity index (χ1v) is 10.9.